The van der Waals surface area contributed by atoms with E-state index in [-0.39, 0.29) is 0 Å². The quantitative estimate of drug-likeness (QED) is 0.254. The Morgan fingerprint density at radius 1 is 0.588 bits per heavy atom. The number of hydrogen-bond acceptors (Lipinski definition) is 0. The van der Waals surface area contributed by atoms with Gasteiger partial charge in [-0.05, 0) is 63.6 Å². The number of para-hydroxylation sites is 1. The Morgan fingerprint density at radius 2 is 1.15 bits per heavy atom. The van der Waals surface area contributed by atoms with Crippen LogP contribution in [0.5, 0.6) is 0 Å². The summed E-state index contributed by atoms with van der Waals surface area (Å²) in [6.07, 6.45) is 3.16. The largest absolute Gasteiger partial charge is 0.350 e. The summed E-state index contributed by atoms with van der Waals surface area (Å²) >= 11 is 6.30. The van der Waals surface area contributed by atoms with Gasteiger partial charge in [-0.2, -0.15) is 0 Å². The van der Waals surface area contributed by atoms with Gasteiger partial charge in [0.25, 0.3) is 0 Å². The highest BCUT2D eigenvalue weighted by Gasteiger charge is 2.30. The van der Waals surface area contributed by atoms with Crippen LogP contribution >= 0.6 is 11.6 Å². The average molecular weight is 458 g/mol. The standard InChI is InChI=1S/C32H24ClN/c1-34-21-29(26-14-8-9-15-30(26)34)32-28(23-12-6-3-7-13-23)20-27(22-10-4-2-5-11-22)31(32)24-16-18-25(33)19-17-24/h2-19,21H,20H2,1H3. The number of benzene rings is 4. The molecule has 0 N–H and O–H groups in total. The van der Waals surface area contributed by atoms with Crippen LogP contribution in [0.2, 0.25) is 5.02 Å². The maximum Gasteiger partial charge on any atom is 0.0484 e. The Balaban J connectivity index is 1.71. The molecular weight excluding hydrogens is 434 g/mol. The highest BCUT2D eigenvalue weighted by atomic mass is 35.5. The zero-order valence-electron chi connectivity index (χ0n) is 19.0. The van der Waals surface area contributed by atoms with Crippen LogP contribution in [-0.2, 0) is 7.05 Å². The van der Waals surface area contributed by atoms with Crippen molar-refractivity contribution in [1.29, 1.82) is 0 Å². The van der Waals surface area contributed by atoms with Gasteiger partial charge in [0.2, 0.25) is 0 Å². The first-order valence-corrected chi connectivity index (χ1v) is 12.0. The van der Waals surface area contributed by atoms with Gasteiger partial charge in [0.15, 0.2) is 0 Å². The van der Waals surface area contributed by atoms with Crippen molar-refractivity contribution in [3.05, 3.63) is 143 Å². The lowest BCUT2D eigenvalue weighted by Crippen LogP contribution is -1.92. The number of aromatic nitrogens is 1. The molecule has 5 aromatic rings. The minimum Gasteiger partial charge on any atom is -0.350 e. The highest BCUT2D eigenvalue weighted by Crippen LogP contribution is 2.52. The summed E-state index contributed by atoms with van der Waals surface area (Å²) in [4.78, 5) is 0. The van der Waals surface area contributed by atoms with Crippen molar-refractivity contribution in [2.24, 2.45) is 7.05 Å². The molecule has 0 atom stereocenters. The molecular formula is C32H24ClN. The van der Waals surface area contributed by atoms with Crippen molar-refractivity contribution in [3.63, 3.8) is 0 Å². The molecule has 0 aliphatic heterocycles. The molecule has 0 spiro atoms. The summed E-state index contributed by atoms with van der Waals surface area (Å²) < 4.78 is 2.24. The van der Waals surface area contributed by atoms with Gasteiger partial charge in [-0.1, -0.05) is 103 Å². The molecule has 0 amide bonds. The second-order valence-electron chi connectivity index (χ2n) is 8.79. The molecule has 2 heteroatoms. The zero-order chi connectivity index (χ0) is 23.1. The molecule has 1 aromatic heterocycles. The van der Waals surface area contributed by atoms with Crippen molar-refractivity contribution < 1.29 is 0 Å². The number of hydrogen-bond donors (Lipinski definition) is 0. The van der Waals surface area contributed by atoms with Crippen molar-refractivity contribution in [2.75, 3.05) is 0 Å². The van der Waals surface area contributed by atoms with E-state index in [9.17, 15) is 0 Å². The molecule has 164 valence electrons. The smallest absolute Gasteiger partial charge is 0.0484 e. The normalized spacial score (nSPS) is 13.8. The van der Waals surface area contributed by atoms with E-state index in [1.54, 1.807) is 0 Å². The van der Waals surface area contributed by atoms with Crippen molar-refractivity contribution in [3.8, 4) is 0 Å². The van der Waals surface area contributed by atoms with Crippen LogP contribution in [0, 0.1) is 0 Å². The fourth-order valence-corrected chi connectivity index (χ4v) is 5.33. The topological polar surface area (TPSA) is 4.93 Å². The van der Waals surface area contributed by atoms with E-state index in [2.05, 4.69) is 115 Å². The lowest BCUT2D eigenvalue weighted by atomic mass is 9.89. The Kier molecular flexibility index (Phi) is 5.20. The molecule has 34 heavy (non-hydrogen) atoms. The van der Waals surface area contributed by atoms with Gasteiger partial charge in [-0.25, -0.2) is 0 Å². The first-order chi connectivity index (χ1) is 16.7. The number of aryl methyl sites for hydroxylation is 1. The Morgan fingerprint density at radius 3 is 1.79 bits per heavy atom. The molecule has 4 aromatic carbocycles. The molecule has 0 unspecified atom stereocenters. The molecule has 0 fully saturated rings. The van der Waals surface area contributed by atoms with Crippen molar-refractivity contribution in [2.45, 2.75) is 6.42 Å². The highest BCUT2D eigenvalue weighted by molar-refractivity contribution is 6.31. The molecule has 0 bridgehead atoms. The first-order valence-electron chi connectivity index (χ1n) is 11.6. The Bertz CT molecular complexity index is 1550. The van der Waals surface area contributed by atoms with E-state index in [0.717, 1.165) is 11.4 Å². The van der Waals surface area contributed by atoms with E-state index in [4.69, 9.17) is 11.6 Å². The summed E-state index contributed by atoms with van der Waals surface area (Å²) in [6.45, 7) is 0. The molecule has 0 saturated carbocycles. The zero-order valence-corrected chi connectivity index (χ0v) is 19.8. The van der Waals surface area contributed by atoms with Gasteiger partial charge in [0, 0.05) is 34.7 Å². The predicted octanol–water partition coefficient (Wildman–Crippen LogP) is 8.76. The van der Waals surface area contributed by atoms with Crippen molar-refractivity contribution in [1.82, 2.24) is 4.57 Å². The van der Waals surface area contributed by atoms with Gasteiger partial charge in [0.05, 0.1) is 0 Å². The van der Waals surface area contributed by atoms with Crippen LogP contribution in [0.25, 0.3) is 33.2 Å². The SMILES string of the molecule is Cn1cc(C2=C(c3ccccc3)CC(c3ccccc3)=C2c2ccc(Cl)cc2)c2ccccc21. The minimum atomic E-state index is 0.752. The summed E-state index contributed by atoms with van der Waals surface area (Å²) in [6, 6.07) is 38.5. The van der Waals surface area contributed by atoms with Gasteiger partial charge in [-0.3, -0.25) is 0 Å². The van der Waals surface area contributed by atoms with Gasteiger partial charge < -0.3 is 4.57 Å². The summed E-state index contributed by atoms with van der Waals surface area (Å²) in [5, 5.41) is 2.02. The monoisotopic (exact) mass is 457 g/mol. The Labute approximate surface area is 205 Å². The Hall–Kier alpha value is -3.81. The first kappa shape index (κ1) is 20.8. The van der Waals surface area contributed by atoms with Gasteiger partial charge in [-0.15, -0.1) is 0 Å². The molecule has 1 nitrogen and oxygen atoms in total. The van der Waals surface area contributed by atoms with E-state index in [0.29, 0.717) is 0 Å². The summed E-state index contributed by atoms with van der Waals surface area (Å²) in [7, 11) is 2.13. The predicted molar refractivity (Wildman–Crippen MR) is 145 cm³/mol. The van der Waals surface area contributed by atoms with E-state index in [1.165, 1.54) is 55.4 Å². The van der Waals surface area contributed by atoms with Gasteiger partial charge >= 0.3 is 0 Å². The average Bonchev–Trinajstić information content (AvgIpc) is 3.44. The second-order valence-corrected chi connectivity index (χ2v) is 9.23. The third-order valence-electron chi connectivity index (χ3n) is 6.75. The van der Waals surface area contributed by atoms with Crippen LogP contribution in [0.3, 0.4) is 0 Å². The molecule has 6 rings (SSSR count). The van der Waals surface area contributed by atoms with Gasteiger partial charge in [0.1, 0.15) is 0 Å². The fraction of sp³-hybridized carbons (Fsp3) is 0.0625. The summed E-state index contributed by atoms with van der Waals surface area (Å²) in [5.41, 5.74) is 11.5. The van der Waals surface area contributed by atoms with E-state index in [1.807, 2.05) is 12.1 Å². The molecule has 1 heterocycles. The number of allylic oxidation sites excluding steroid dienone is 4. The van der Waals surface area contributed by atoms with Crippen LogP contribution in [0.1, 0.15) is 28.7 Å². The third-order valence-corrected chi connectivity index (χ3v) is 7.00. The lowest BCUT2D eigenvalue weighted by molar-refractivity contribution is 0.967. The maximum atomic E-state index is 6.30. The van der Waals surface area contributed by atoms with Crippen LogP contribution in [-0.4, -0.2) is 4.57 Å². The molecule has 0 radical (unpaired) electrons. The molecule has 1 aliphatic carbocycles. The third kappa shape index (κ3) is 3.50. The number of nitrogens with zero attached hydrogens (tertiary/aromatic N) is 1. The van der Waals surface area contributed by atoms with E-state index >= 15 is 0 Å². The number of rotatable bonds is 4. The minimum absolute atomic E-state index is 0.752. The lowest BCUT2D eigenvalue weighted by Gasteiger charge is -2.14. The number of fused-ring (bicyclic) bond motifs is 1. The number of halogens is 1. The maximum absolute atomic E-state index is 6.30. The molecule has 0 saturated heterocycles. The van der Waals surface area contributed by atoms with Crippen LogP contribution < -0.4 is 0 Å². The van der Waals surface area contributed by atoms with Crippen molar-refractivity contribution >= 4 is 44.8 Å². The van der Waals surface area contributed by atoms with Crippen LogP contribution in [0.4, 0.5) is 0 Å². The summed E-state index contributed by atoms with van der Waals surface area (Å²) in [5.74, 6) is 0. The molecule has 1 aliphatic rings. The second kappa shape index (κ2) is 8.52. The van der Waals surface area contributed by atoms with E-state index < -0.39 is 0 Å². The van der Waals surface area contributed by atoms with Crippen LogP contribution in [0.15, 0.2) is 115 Å². The fourth-order valence-electron chi connectivity index (χ4n) is 5.20.